The molecule has 0 N–H and O–H groups in total. The topological polar surface area (TPSA) is 9.23 Å². The van der Waals surface area contributed by atoms with Crippen molar-refractivity contribution in [1.82, 2.24) is 0 Å². The highest BCUT2D eigenvalue weighted by Crippen LogP contribution is 2.34. The fraction of sp³-hybridized carbons (Fsp3) is 0.250. The van der Waals surface area contributed by atoms with Gasteiger partial charge in [-0.05, 0) is 37.1 Å². The molecule has 20 heavy (non-hydrogen) atoms. The van der Waals surface area contributed by atoms with Crippen molar-refractivity contribution in [1.29, 1.82) is 0 Å². The summed E-state index contributed by atoms with van der Waals surface area (Å²) in [7, 11) is 1.65. The molecule has 0 aliphatic rings. The quantitative estimate of drug-likeness (QED) is 0.641. The molecule has 0 spiro atoms. The molecule has 106 valence electrons. The number of methoxy groups -OCH3 is 1. The van der Waals surface area contributed by atoms with Crippen molar-refractivity contribution >= 4 is 34.8 Å². The Balaban J connectivity index is 2.25. The van der Waals surface area contributed by atoms with Gasteiger partial charge in [0.1, 0.15) is 5.75 Å². The lowest BCUT2D eigenvalue weighted by Crippen LogP contribution is -2.00. The monoisotopic (exact) mass is 328 g/mol. The SMILES string of the molecule is COc1ccc(C)cc1C(Cl)Cc1ccc(Cl)c(Cl)c1. The molecule has 0 aliphatic heterocycles. The maximum Gasteiger partial charge on any atom is 0.123 e. The van der Waals surface area contributed by atoms with E-state index in [4.69, 9.17) is 39.5 Å². The lowest BCUT2D eigenvalue weighted by Gasteiger charge is -2.15. The third kappa shape index (κ3) is 3.60. The zero-order valence-electron chi connectivity index (χ0n) is 11.3. The summed E-state index contributed by atoms with van der Waals surface area (Å²) in [5.41, 5.74) is 3.18. The molecule has 2 aromatic carbocycles. The molecule has 0 aliphatic carbocycles. The first-order valence-electron chi connectivity index (χ1n) is 6.24. The Kier molecular flexibility index (Phi) is 5.20. The minimum Gasteiger partial charge on any atom is -0.496 e. The molecule has 0 fully saturated rings. The summed E-state index contributed by atoms with van der Waals surface area (Å²) >= 11 is 18.5. The van der Waals surface area contributed by atoms with Crippen molar-refractivity contribution in [3.63, 3.8) is 0 Å². The predicted octanol–water partition coefficient (Wildman–Crippen LogP) is 5.83. The van der Waals surface area contributed by atoms with Crippen LogP contribution >= 0.6 is 34.8 Å². The van der Waals surface area contributed by atoms with Crippen molar-refractivity contribution in [2.75, 3.05) is 7.11 Å². The number of alkyl halides is 1. The van der Waals surface area contributed by atoms with Gasteiger partial charge >= 0.3 is 0 Å². The van der Waals surface area contributed by atoms with Crippen LogP contribution < -0.4 is 4.74 Å². The highest BCUT2D eigenvalue weighted by atomic mass is 35.5. The van der Waals surface area contributed by atoms with Crippen LogP contribution in [0.3, 0.4) is 0 Å². The van der Waals surface area contributed by atoms with Crippen molar-refractivity contribution in [3.8, 4) is 5.75 Å². The van der Waals surface area contributed by atoms with Crippen LogP contribution in [0.15, 0.2) is 36.4 Å². The van der Waals surface area contributed by atoms with E-state index in [1.807, 2.05) is 37.3 Å². The minimum absolute atomic E-state index is 0.179. The molecule has 0 heterocycles. The molecule has 0 saturated heterocycles. The number of halogens is 3. The van der Waals surface area contributed by atoms with Crippen molar-refractivity contribution in [2.24, 2.45) is 0 Å². The largest absolute Gasteiger partial charge is 0.496 e. The Labute approximate surface area is 134 Å². The Morgan fingerprint density at radius 3 is 2.45 bits per heavy atom. The third-order valence-electron chi connectivity index (χ3n) is 3.12. The Bertz CT molecular complexity index is 611. The smallest absolute Gasteiger partial charge is 0.123 e. The van der Waals surface area contributed by atoms with E-state index in [1.165, 1.54) is 0 Å². The number of hydrogen-bond donors (Lipinski definition) is 0. The first-order valence-corrected chi connectivity index (χ1v) is 7.43. The van der Waals surface area contributed by atoms with Crippen molar-refractivity contribution in [2.45, 2.75) is 18.7 Å². The van der Waals surface area contributed by atoms with Gasteiger partial charge in [0.15, 0.2) is 0 Å². The summed E-state index contributed by atoms with van der Waals surface area (Å²) < 4.78 is 5.37. The van der Waals surface area contributed by atoms with E-state index in [-0.39, 0.29) is 5.38 Å². The van der Waals surface area contributed by atoms with Crippen molar-refractivity contribution in [3.05, 3.63) is 63.1 Å². The van der Waals surface area contributed by atoms with Gasteiger partial charge in [-0.25, -0.2) is 0 Å². The van der Waals surface area contributed by atoms with E-state index >= 15 is 0 Å². The maximum absolute atomic E-state index is 6.53. The normalized spacial score (nSPS) is 12.2. The first kappa shape index (κ1) is 15.5. The fourth-order valence-corrected chi connectivity index (χ4v) is 2.75. The standard InChI is InChI=1S/C16H15Cl3O/c1-10-3-6-16(20-2)12(7-10)14(18)8-11-4-5-13(17)15(19)9-11/h3-7,9,14H,8H2,1-2H3. The van der Waals surface area contributed by atoms with Crippen LogP contribution in [0.2, 0.25) is 10.0 Å². The highest BCUT2D eigenvalue weighted by Gasteiger charge is 2.15. The maximum atomic E-state index is 6.53. The number of rotatable bonds is 4. The second-order valence-corrected chi connectivity index (χ2v) is 6.01. The molecule has 0 radical (unpaired) electrons. The van der Waals surface area contributed by atoms with Crippen LogP contribution in [-0.4, -0.2) is 7.11 Å². The molecule has 0 aromatic heterocycles. The van der Waals surface area contributed by atoms with Gasteiger partial charge in [0, 0.05) is 5.56 Å². The average molecular weight is 330 g/mol. The van der Waals surface area contributed by atoms with Crippen LogP contribution in [0, 0.1) is 6.92 Å². The van der Waals surface area contributed by atoms with Gasteiger partial charge in [0.2, 0.25) is 0 Å². The molecule has 2 aromatic rings. The van der Waals surface area contributed by atoms with Crippen LogP contribution in [0.25, 0.3) is 0 Å². The van der Waals surface area contributed by atoms with Gasteiger partial charge in [-0.2, -0.15) is 0 Å². The summed E-state index contributed by atoms with van der Waals surface area (Å²) in [4.78, 5) is 0. The molecule has 2 rings (SSSR count). The van der Waals surface area contributed by atoms with E-state index in [9.17, 15) is 0 Å². The van der Waals surface area contributed by atoms with E-state index in [2.05, 4.69) is 0 Å². The van der Waals surface area contributed by atoms with Gasteiger partial charge in [-0.15, -0.1) is 11.6 Å². The molecule has 1 unspecified atom stereocenters. The highest BCUT2D eigenvalue weighted by molar-refractivity contribution is 6.42. The molecular weight excluding hydrogens is 315 g/mol. The zero-order valence-corrected chi connectivity index (χ0v) is 13.6. The summed E-state index contributed by atoms with van der Waals surface area (Å²) in [5.74, 6) is 0.802. The molecule has 4 heteroatoms. The van der Waals surface area contributed by atoms with Crippen LogP contribution in [0.4, 0.5) is 0 Å². The third-order valence-corrected chi connectivity index (χ3v) is 4.25. The fourth-order valence-electron chi connectivity index (χ4n) is 2.08. The Morgan fingerprint density at radius 2 is 1.80 bits per heavy atom. The predicted molar refractivity (Wildman–Crippen MR) is 86.5 cm³/mol. The average Bonchev–Trinajstić information content (AvgIpc) is 2.43. The summed E-state index contributed by atoms with van der Waals surface area (Å²) in [6.45, 7) is 2.03. The lowest BCUT2D eigenvalue weighted by molar-refractivity contribution is 0.409. The molecule has 1 nitrogen and oxygen atoms in total. The van der Waals surface area contributed by atoms with Gasteiger partial charge in [0.25, 0.3) is 0 Å². The van der Waals surface area contributed by atoms with Gasteiger partial charge < -0.3 is 4.74 Å². The van der Waals surface area contributed by atoms with Crippen LogP contribution in [-0.2, 0) is 6.42 Å². The van der Waals surface area contributed by atoms with Gasteiger partial charge in [0.05, 0.1) is 22.5 Å². The van der Waals surface area contributed by atoms with E-state index in [0.717, 1.165) is 22.4 Å². The molecular formula is C16H15Cl3O. The number of aryl methyl sites for hydroxylation is 1. The van der Waals surface area contributed by atoms with E-state index in [1.54, 1.807) is 13.2 Å². The molecule has 0 saturated carbocycles. The van der Waals surface area contributed by atoms with Gasteiger partial charge in [-0.1, -0.05) is 47.0 Å². The molecule has 0 bridgehead atoms. The van der Waals surface area contributed by atoms with E-state index in [0.29, 0.717) is 16.5 Å². The number of ether oxygens (including phenoxy) is 1. The number of benzene rings is 2. The van der Waals surface area contributed by atoms with E-state index < -0.39 is 0 Å². The lowest BCUT2D eigenvalue weighted by atomic mass is 10.0. The summed E-state index contributed by atoms with van der Waals surface area (Å²) in [6, 6.07) is 11.6. The zero-order chi connectivity index (χ0) is 14.7. The van der Waals surface area contributed by atoms with Crippen LogP contribution in [0.1, 0.15) is 22.1 Å². The molecule has 1 atom stereocenters. The summed E-state index contributed by atoms with van der Waals surface area (Å²) in [5, 5.41) is 0.918. The second kappa shape index (κ2) is 6.71. The van der Waals surface area contributed by atoms with Crippen LogP contribution in [0.5, 0.6) is 5.75 Å². The number of hydrogen-bond acceptors (Lipinski definition) is 1. The molecule has 0 amide bonds. The summed E-state index contributed by atoms with van der Waals surface area (Å²) in [6.07, 6.45) is 0.665. The van der Waals surface area contributed by atoms with Crippen molar-refractivity contribution < 1.29 is 4.74 Å². The first-order chi connectivity index (χ1) is 9.51. The van der Waals surface area contributed by atoms with Gasteiger partial charge in [-0.3, -0.25) is 0 Å². The second-order valence-electron chi connectivity index (χ2n) is 4.67. The minimum atomic E-state index is -0.179. The Morgan fingerprint density at radius 1 is 1.05 bits per heavy atom. The Hall–Kier alpha value is -0.890.